The minimum atomic E-state index is -0.886. The summed E-state index contributed by atoms with van der Waals surface area (Å²) in [6, 6.07) is -0.340. The number of nitrogens with zero attached hydrogens (tertiary/aromatic N) is 1. The molecule has 1 amide bonds. The lowest BCUT2D eigenvalue weighted by Crippen LogP contribution is -2.52. The van der Waals surface area contributed by atoms with Gasteiger partial charge in [0.2, 0.25) is 5.91 Å². The van der Waals surface area contributed by atoms with E-state index in [-0.39, 0.29) is 18.6 Å². The molecule has 19 heavy (non-hydrogen) atoms. The lowest BCUT2D eigenvalue weighted by molar-refractivity contribution is -0.148. The number of rotatable bonds is 4. The van der Waals surface area contributed by atoms with Crippen LogP contribution in [0.3, 0.4) is 0 Å². The monoisotopic (exact) mass is 270 g/mol. The summed E-state index contributed by atoms with van der Waals surface area (Å²) in [5, 5.41) is 12.4. The Morgan fingerprint density at radius 3 is 2.74 bits per heavy atom. The second-order valence-electron chi connectivity index (χ2n) is 5.63. The number of aliphatic carboxylic acids is 1. The summed E-state index contributed by atoms with van der Waals surface area (Å²) >= 11 is 0. The summed E-state index contributed by atoms with van der Waals surface area (Å²) in [5.41, 5.74) is -0.415. The van der Waals surface area contributed by atoms with Gasteiger partial charge in [-0.1, -0.05) is 0 Å². The van der Waals surface area contributed by atoms with E-state index in [0.717, 1.165) is 13.0 Å². The fourth-order valence-electron chi connectivity index (χ4n) is 2.96. The van der Waals surface area contributed by atoms with Crippen LogP contribution in [0.5, 0.6) is 0 Å². The highest BCUT2D eigenvalue weighted by Crippen LogP contribution is 2.30. The van der Waals surface area contributed by atoms with Crippen molar-refractivity contribution in [2.75, 3.05) is 32.8 Å². The molecular weight excluding hydrogens is 248 g/mol. The molecule has 2 rings (SSSR count). The fourth-order valence-corrected chi connectivity index (χ4v) is 2.96. The van der Waals surface area contributed by atoms with Crippen LogP contribution in [-0.4, -0.2) is 60.8 Å². The summed E-state index contributed by atoms with van der Waals surface area (Å²) < 4.78 is 5.27. The number of hydrogen-bond donors (Lipinski definition) is 2. The molecule has 6 nitrogen and oxygen atoms in total. The van der Waals surface area contributed by atoms with Crippen molar-refractivity contribution in [2.45, 2.75) is 26.3 Å². The molecule has 2 aliphatic rings. The summed E-state index contributed by atoms with van der Waals surface area (Å²) in [5.74, 6) is -1.45. The number of ether oxygens (including phenoxy) is 1. The van der Waals surface area contributed by atoms with Crippen LogP contribution in [0, 0.1) is 11.3 Å². The summed E-state index contributed by atoms with van der Waals surface area (Å²) in [4.78, 5) is 25.6. The van der Waals surface area contributed by atoms with Crippen molar-refractivity contribution in [3.05, 3.63) is 0 Å². The van der Waals surface area contributed by atoms with Gasteiger partial charge in [0.25, 0.3) is 0 Å². The Balaban J connectivity index is 2.15. The zero-order valence-corrected chi connectivity index (χ0v) is 11.5. The van der Waals surface area contributed by atoms with E-state index in [2.05, 4.69) is 5.32 Å². The van der Waals surface area contributed by atoms with Gasteiger partial charge in [-0.2, -0.15) is 0 Å². The van der Waals surface area contributed by atoms with Gasteiger partial charge in [-0.25, -0.2) is 0 Å². The summed E-state index contributed by atoms with van der Waals surface area (Å²) in [6.45, 7) is 6.37. The molecule has 0 aromatic carbocycles. The first kappa shape index (κ1) is 14.3. The van der Waals surface area contributed by atoms with Crippen LogP contribution < -0.4 is 5.32 Å². The Morgan fingerprint density at radius 1 is 1.47 bits per heavy atom. The second-order valence-corrected chi connectivity index (χ2v) is 5.63. The van der Waals surface area contributed by atoms with Gasteiger partial charge in [0, 0.05) is 13.1 Å². The standard InChI is InChI=1S/C13H22N2O4/c1-3-15(10-7-19-6-9(10)11(16)17)12(18)13(2)4-5-14-8-13/h9-10,14H,3-8H2,1-2H3,(H,16,17). The molecule has 2 fully saturated rings. The zero-order valence-electron chi connectivity index (χ0n) is 11.5. The number of nitrogens with one attached hydrogen (secondary N) is 1. The molecule has 0 aromatic heterocycles. The predicted octanol–water partition coefficient (Wildman–Crippen LogP) is -0.0659. The number of carbonyl (C=O) groups excluding carboxylic acids is 1. The van der Waals surface area contributed by atoms with Gasteiger partial charge in [0.05, 0.1) is 24.7 Å². The van der Waals surface area contributed by atoms with Crippen molar-refractivity contribution in [3.8, 4) is 0 Å². The lowest BCUT2D eigenvalue weighted by atomic mass is 9.86. The van der Waals surface area contributed by atoms with Crippen LogP contribution >= 0.6 is 0 Å². The van der Waals surface area contributed by atoms with Crippen molar-refractivity contribution in [1.29, 1.82) is 0 Å². The Kier molecular flexibility index (Phi) is 4.10. The predicted molar refractivity (Wildman–Crippen MR) is 68.7 cm³/mol. The third-order valence-corrected chi connectivity index (χ3v) is 4.25. The molecule has 2 saturated heterocycles. The molecule has 3 atom stereocenters. The van der Waals surface area contributed by atoms with E-state index in [1.165, 1.54) is 0 Å². The first-order valence-corrected chi connectivity index (χ1v) is 6.82. The van der Waals surface area contributed by atoms with Crippen LogP contribution in [0.2, 0.25) is 0 Å². The van der Waals surface area contributed by atoms with Crippen molar-refractivity contribution >= 4 is 11.9 Å². The average molecular weight is 270 g/mol. The van der Waals surface area contributed by atoms with Gasteiger partial charge in [0.15, 0.2) is 0 Å². The SMILES string of the molecule is CCN(C(=O)C1(C)CCNC1)C1COCC1C(=O)O. The fraction of sp³-hybridized carbons (Fsp3) is 0.846. The van der Waals surface area contributed by atoms with Crippen LogP contribution in [0.15, 0.2) is 0 Å². The van der Waals surface area contributed by atoms with E-state index >= 15 is 0 Å². The maximum absolute atomic E-state index is 12.7. The molecule has 0 bridgehead atoms. The minimum absolute atomic E-state index is 0.0433. The van der Waals surface area contributed by atoms with E-state index in [0.29, 0.717) is 19.7 Å². The van der Waals surface area contributed by atoms with Crippen molar-refractivity contribution < 1.29 is 19.4 Å². The molecule has 6 heteroatoms. The Labute approximate surface area is 113 Å². The minimum Gasteiger partial charge on any atom is -0.481 e. The molecular formula is C13H22N2O4. The summed E-state index contributed by atoms with van der Waals surface area (Å²) in [7, 11) is 0. The molecule has 3 unspecified atom stereocenters. The Morgan fingerprint density at radius 2 is 2.21 bits per heavy atom. The number of amides is 1. The highest BCUT2D eigenvalue weighted by atomic mass is 16.5. The quantitative estimate of drug-likeness (QED) is 0.748. The first-order chi connectivity index (χ1) is 8.99. The van der Waals surface area contributed by atoms with Gasteiger partial charge >= 0.3 is 5.97 Å². The molecule has 0 spiro atoms. The van der Waals surface area contributed by atoms with Gasteiger partial charge in [-0.05, 0) is 26.8 Å². The van der Waals surface area contributed by atoms with E-state index in [4.69, 9.17) is 4.74 Å². The molecule has 2 heterocycles. The van der Waals surface area contributed by atoms with E-state index in [1.807, 2.05) is 13.8 Å². The van der Waals surface area contributed by atoms with Crippen molar-refractivity contribution in [2.24, 2.45) is 11.3 Å². The highest BCUT2D eigenvalue weighted by molar-refractivity contribution is 5.84. The average Bonchev–Trinajstić information content (AvgIpc) is 2.99. The highest BCUT2D eigenvalue weighted by Gasteiger charge is 2.45. The molecule has 0 radical (unpaired) electrons. The third kappa shape index (κ3) is 2.60. The topological polar surface area (TPSA) is 78.9 Å². The van der Waals surface area contributed by atoms with E-state index < -0.39 is 17.3 Å². The zero-order chi connectivity index (χ0) is 14.0. The van der Waals surface area contributed by atoms with Crippen LogP contribution in [-0.2, 0) is 14.3 Å². The van der Waals surface area contributed by atoms with Crippen LogP contribution in [0.1, 0.15) is 20.3 Å². The molecule has 0 aromatic rings. The van der Waals surface area contributed by atoms with Crippen molar-refractivity contribution in [1.82, 2.24) is 10.2 Å². The number of carboxylic acid groups (broad SMARTS) is 1. The normalized spacial score (nSPS) is 34.4. The first-order valence-electron chi connectivity index (χ1n) is 6.82. The number of carboxylic acids is 1. The van der Waals surface area contributed by atoms with E-state index in [9.17, 15) is 14.7 Å². The van der Waals surface area contributed by atoms with Crippen LogP contribution in [0.4, 0.5) is 0 Å². The summed E-state index contributed by atoms with van der Waals surface area (Å²) in [6.07, 6.45) is 0.799. The van der Waals surface area contributed by atoms with Gasteiger partial charge < -0.3 is 20.1 Å². The lowest BCUT2D eigenvalue weighted by Gasteiger charge is -2.35. The number of hydrogen-bond acceptors (Lipinski definition) is 4. The third-order valence-electron chi connectivity index (χ3n) is 4.25. The Bertz CT molecular complexity index is 366. The van der Waals surface area contributed by atoms with Gasteiger partial charge in [-0.3, -0.25) is 9.59 Å². The van der Waals surface area contributed by atoms with E-state index in [1.54, 1.807) is 4.90 Å². The van der Waals surface area contributed by atoms with Gasteiger partial charge in [0.1, 0.15) is 5.92 Å². The second kappa shape index (κ2) is 5.46. The largest absolute Gasteiger partial charge is 0.481 e. The molecule has 2 N–H and O–H groups in total. The number of likely N-dealkylation sites (N-methyl/N-ethyl adjacent to an activating group) is 1. The molecule has 108 valence electrons. The molecule has 0 aliphatic carbocycles. The maximum atomic E-state index is 12.7. The van der Waals surface area contributed by atoms with Crippen molar-refractivity contribution in [3.63, 3.8) is 0 Å². The smallest absolute Gasteiger partial charge is 0.311 e. The maximum Gasteiger partial charge on any atom is 0.311 e. The molecule has 0 saturated carbocycles. The number of carbonyl (C=O) groups is 2. The van der Waals surface area contributed by atoms with Crippen LogP contribution in [0.25, 0.3) is 0 Å². The van der Waals surface area contributed by atoms with Gasteiger partial charge in [-0.15, -0.1) is 0 Å². The molecule has 2 aliphatic heterocycles. The Hall–Kier alpha value is -1.14.